The van der Waals surface area contributed by atoms with Gasteiger partial charge in [0.2, 0.25) is 0 Å². The fraction of sp³-hybridized carbons (Fsp3) is 0.154. The van der Waals surface area contributed by atoms with Gasteiger partial charge in [-0.25, -0.2) is 4.68 Å². The van der Waals surface area contributed by atoms with Gasteiger partial charge in [0, 0.05) is 11.3 Å². The lowest BCUT2D eigenvalue weighted by Crippen LogP contribution is -2.15. The first kappa shape index (κ1) is 20.6. The first-order valence-electron chi connectivity index (χ1n) is 11.0. The van der Waals surface area contributed by atoms with E-state index in [-0.39, 0.29) is 5.91 Å². The van der Waals surface area contributed by atoms with Crippen molar-refractivity contribution in [3.8, 4) is 17.0 Å². The molecule has 7 heteroatoms. The van der Waals surface area contributed by atoms with E-state index in [1.807, 2.05) is 79.7 Å². The molecule has 0 spiro atoms. The van der Waals surface area contributed by atoms with Gasteiger partial charge in [-0.15, -0.1) is 5.10 Å². The summed E-state index contributed by atoms with van der Waals surface area (Å²) in [6.07, 6.45) is 1.54. The molecule has 2 heterocycles. The monoisotopic (exact) mass is 437 g/mol. The van der Waals surface area contributed by atoms with Gasteiger partial charge in [-0.3, -0.25) is 4.79 Å². The number of nitrogens with zero attached hydrogens (tertiary/aromatic N) is 4. The van der Waals surface area contributed by atoms with E-state index in [0.717, 1.165) is 40.0 Å². The molecule has 0 saturated heterocycles. The third-order valence-electron chi connectivity index (χ3n) is 5.67. The lowest BCUT2D eigenvalue weighted by molar-refractivity contribution is 0.102. The number of benzene rings is 3. The zero-order chi connectivity index (χ0) is 22.8. The number of carbonyl (C=O) groups excluding carboxylic acids is 1. The summed E-state index contributed by atoms with van der Waals surface area (Å²) >= 11 is 0. The first-order valence-corrected chi connectivity index (χ1v) is 11.0. The quantitative estimate of drug-likeness (QED) is 0.382. The second-order valence-corrected chi connectivity index (χ2v) is 7.73. The van der Waals surface area contributed by atoms with Gasteiger partial charge in [0.15, 0.2) is 11.5 Å². The SMILES string of the molecule is CCc1ccc(NC(=O)c2nnn(-c3ccc4noc(-c5ccccc5)c4c3)c2CC)cc1. The highest BCUT2D eigenvalue weighted by Crippen LogP contribution is 2.30. The highest BCUT2D eigenvalue weighted by Gasteiger charge is 2.20. The highest BCUT2D eigenvalue weighted by molar-refractivity contribution is 6.03. The molecule has 0 aliphatic heterocycles. The fourth-order valence-corrected chi connectivity index (χ4v) is 3.88. The molecule has 5 aromatic rings. The van der Waals surface area contributed by atoms with Crippen molar-refractivity contribution in [1.82, 2.24) is 20.2 Å². The molecule has 0 bridgehead atoms. The van der Waals surface area contributed by atoms with Crippen molar-refractivity contribution in [3.05, 3.63) is 89.7 Å². The van der Waals surface area contributed by atoms with E-state index in [0.29, 0.717) is 17.9 Å². The molecule has 5 rings (SSSR count). The van der Waals surface area contributed by atoms with Gasteiger partial charge in [0.25, 0.3) is 5.91 Å². The first-order chi connectivity index (χ1) is 16.2. The Labute approximate surface area is 191 Å². The van der Waals surface area contributed by atoms with Crippen molar-refractivity contribution in [2.75, 3.05) is 5.32 Å². The van der Waals surface area contributed by atoms with Crippen molar-refractivity contribution < 1.29 is 9.32 Å². The van der Waals surface area contributed by atoms with E-state index in [9.17, 15) is 4.79 Å². The van der Waals surface area contributed by atoms with E-state index in [1.165, 1.54) is 5.56 Å². The highest BCUT2D eigenvalue weighted by atomic mass is 16.5. The molecule has 1 amide bonds. The van der Waals surface area contributed by atoms with Gasteiger partial charge in [0.05, 0.1) is 16.8 Å². The Morgan fingerprint density at radius 3 is 2.48 bits per heavy atom. The minimum Gasteiger partial charge on any atom is -0.355 e. The number of aromatic nitrogens is 4. The van der Waals surface area contributed by atoms with E-state index in [1.54, 1.807) is 4.68 Å². The standard InChI is InChI=1S/C26H23N5O2/c1-3-17-10-12-19(13-11-17)27-26(32)24-23(4-2)31(30-28-24)20-14-15-22-21(16-20)25(33-29-22)18-8-6-5-7-9-18/h5-16H,3-4H2,1-2H3,(H,27,32). The average Bonchev–Trinajstić information content (AvgIpc) is 3.49. The zero-order valence-electron chi connectivity index (χ0n) is 18.4. The van der Waals surface area contributed by atoms with Gasteiger partial charge in [0.1, 0.15) is 5.52 Å². The van der Waals surface area contributed by atoms with Gasteiger partial charge in [-0.05, 0) is 48.7 Å². The number of anilines is 1. The Balaban J connectivity index is 1.49. The Morgan fingerprint density at radius 2 is 1.76 bits per heavy atom. The van der Waals surface area contributed by atoms with Crippen molar-refractivity contribution in [2.45, 2.75) is 26.7 Å². The van der Waals surface area contributed by atoms with Crippen LogP contribution in [0.3, 0.4) is 0 Å². The third kappa shape index (κ3) is 3.89. The average molecular weight is 438 g/mol. The maximum atomic E-state index is 13.0. The minimum absolute atomic E-state index is 0.279. The number of fused-ring (bicyclic) bond motifs is 1. The molecule has 0 atom stereocenters. The van der Waals surface area contributed by atoms with Gasteiger partial charge in [-0.2, -0.15) is 0 Å². The molecule has 0 fully saturated rings. The predicted octanol–water partition coefficient (Wildman–Crippen LogP) is 5.45. The zero-order valence-corrected chi connectivity index (χ0v) is 18.4. The van der Waals surface area contributed by atoms with Gasteiger partial charge in [-0.1, -0.05) is 66.7 Å². The summed E-state index contributed by atoms with van der Waals surface area (Å²) < 4.78 is 7.32. The number of nitrogens with one attached hydrogen (secondary N) is 1. The summed E-state index contributed by atoms with van der Waals surface area (Å²) in [6.45, 7) is 4.08. The molecular weight excluding hydrogens is 414 g/mol. The summed E-state index contributed by atoms with van der Waals surface area (Å²) in [5.41, 5.74) is 5.48. The number of amides is 1. The van der Waals surface area contributed by atoms with Crippen molar-refractivity contribution >= 4 is 22.5 Å². The Hall–Kier alpha value is -4.26. The molecule has 1 N–H and O–H groups in total. The van der Waals surface area contributed by atoms with E-state index < -0.39 is 0 Å². The van der Waals surface area contributed by atoms with Crippen molar-refractivity contribution in [1.29, 1.82) is 0 Å². The topological polar surface area (TPSA) is 85.8 Å². The van der Waals surface area contributed by atoms with E-state index >= 15 is 0 Å². The molecule has 0 aliphatic carbocycles. The van der Waals surface area contributed by atoms with Crippen molar-refractivity contribution in [3.63, 3.8) is 0 Å². The van der Waals surface area contributed by atoms with Crippen LogP contribution in [0, 0.1) is 0 Å². The summed E-state index contributed by atoms with van der Waals surface area (Å²) in [7, 11) is 0. The van der Waals surface area contributed by atoms with Gasteiger partial charge >= 0.3 is 0 Å². The number of hydrogen-bond donors (Lipinski definition) is 1. The third-order valence-corrected chi connectivity index (χ3v) is 5.67. The molecule has 2 aromatic heterocycles. The van der Waals surface area contributed by atoms with Crippen LogP contribution in [0.1, 0.15) is 35.6 Å². The van der Waals surface area contributed by atoms with Crippen LogP contribution in [0.25, 0.3) is 27.9 Å². The molecule has 3 aromatic carbocycles. The lowest BCUT2D eigenvalue weighted by Gasteiger charge is -2.08. The summed E-state index contributed by atoms with van der Waals surface area (Å²) in [5.74, 6) is 0.414. The van der Waals surface area contributed by atoms with Crippen molar-refractivity contribution in [2.24, 2.45) is 0 Å². The van der Waals surface area contributed by atoms with Gasteiger partial charge < -0.3 is 9.84 Å². The molecule has 0 radical (unpaired) electrons. The number of carbonyl (C=O) groups is 1. The second-order valence-electron chi connectivity index (χ2n) is 7.73. The Bertz CT molecular complexity index is 1420. The van der Waals surface area contributed by atoms with Crippen LogP contribution in [0.4, 0.5) is 5.69 Å². The minimum atomic E-state index is -0.279. The van der Waals surface area contributed by atoms with Crippen LogP contribution >= 0.6 is 0 Å². The fourth-order valence-electron chi connectivity index (χ4n) is 3.88. The molecule has 33 heavy (non-hydrogen) atoms. The molecule has 0 unspecified atom stereocenters. The number of rotatable bonds is 6. The maximum absolute atomic E-state index is 13.0. The number of hydrogen-bond acceptors (Lipinski definition) is 5. The lowest BCUT2D eigenvalue weighted by atomic mass is 10.1. The maximum Gasteiger partial charge on any atom is 0.278 e. The largest absolute Gasteiger partial charge is 0.355 e. The Kier molecular flexibility index (Phi) is 5.44. The molecular formula is C26H23N5O2. The molecule has 7 nitrogen and oxygen atoms in total. The van der Waals surface area contributed by atoms with Crippen LogP contribution in [0.15, 0.2) is 77.3 Å². The van der Waals surface area contributed by atoms with Crippen LogP contribution in [-0.4, -0.2) is 26.1 Å². The summed E-state index contributed by atoms with van der Waals surface area (Å²) in [4.78, 5) is 13.0. The molecule has 0 aliphatic rings. The van der Waals surface area contributed by atoms with E-state index in [4.69, 9.17) is 4.52 Å². The van der Waals surface area contributed by atoms with Crippen LogP contribution < -0.4 is 5.32 Å². The molecule has 164 valence electrons. The normalized spacial score (nSPS) is 11.1. The van der Waals surface area contributed by atoms with Crippen LogP contribution in [0.5, 0.6) is 0 Å². The van der Waals surface area contributed by atoms with Crippen LogP contribution in [0.2, 0.25) is 0 Å². The van der Waals surface area contributed by atoms with Crippen LogP contribution in [-0.2, 0) is 12.8 Å². The Morgan fingerprint density at radius 1 is 0.970 bits per heavy atom. The predicted molar refractivity (Wildman–Crippen MR) is 128 cm³/mol. The second kappa shape index (κ2) is 8.70. The smallest absolute Gasteiger partial charge is 0.278 e. The summed E-state index contributed by atoms with van der Waals surface area (Å²) in [5, 5.41) is 16.5. The number of aryl methyl sites for hydroxylation is 1. The summed E-state index contributed by atoms with van der Waals surface area (Å²) in [6, 6.07) is 23.4. The van der Waals surface area contributed by atoms with E-state index in [2.05, 4.69) is 27.7 Å². The molecule has 0 saturated carbocycles.